The zero-order chi connectivity index (χ0) is 24.3. The van der Waals surface area contributed by atoms with Gasteiger partial charge in [0.15, 0.2) is 0 Å². The van der Waals surface area contributed by atoms with Crippen LogP contribution >= 0.6 is 0 Å². The Morgan fingerprint density at radius 2 is 1.82 bits per heavy atom. The first-order chi connectivity index (χ1) is 16.0. The molecular weight excluding hydrogens is 531 g/mol. The van der Waals surface area contributed by atoms with Gasteiger partial charge in [0, 0.05) is 0 Å². The number of carbonyl (C=O) groups is 1. The maximum absolute atomic E-state index is 12.2. The number of rotatable bonds is 2. The predicted octanol–water partition coefficient (Wildman–Crippen LogP) is 3.26. The third-order valence-corrected chi connectivity index (χ3v) is 11.0. The average molecular weight is 570 g/mol. The van der Waals surface area contributed by atoms with Crippen LogP contribution in [0.15, 0.2) is 47.1 Å². The van der Waals surface area contributed by atoms with Gasteiger partial charge >= 0.3 is 217 Å². The average Bonchev–Trinajstić information content (AvgIpc) is 3.07. The fraction of sp³-hybridized carbons (Fsp3) is 0.581. The van der Waals surface area contributed by atoms with Crippen molar-refractivity contribution in [3.63, 3.8) is 0 Å². The van der Waals surface area contributed by atoms with Crippen LogP contribution in [0.3, 0.4) is 0 Å². The summed E-state index contributed by atoms with van der Waals surface area (Å²) in [6.45, 7) is 8.71. The van der Waals surface area contributed by atoms with Gasteiger partial charge in [-0.05, 0) is 0 Å². The number of fused-ring (bicyclic) bond motifs is 4. The number of allylic oxidation sites excluding steroid dienone is 4. The molecular formula is C31H38IO2-. The fourth-order valence-corrected chi connectivity index (χ4v) is 8.36. The minimum atomic E-state index is -0.938. The van der Waals surface area contributed by atoms with Gasteiger partial charge in [0.05, 0.1) is 0 Å². The minimum absolute atomic E-state index is 0.0744. The van der Waals surface area contributed by atoms with E-state index in [1.165, 1.54) is 20.3 Å². The molecule has 1 aromatic carbocycles. The van der Waals surface area contributed by atoms with E-state index < -0.39 is 5.60 Å². The van der Waals surface area contributed by atoms with Crippen LogP contribution in [0.1, 0.15) is 84.1 Å². The van der Waals surface area contributed by atoms with E-state index >= 15 is 0 Å². The van der Waals surface area contributed by atoms with E-state index in [4.69, 9.17) is 0 Å². The Kier molecular flexibility index (Phi) is 6.17. The summed E-state index contributed by atoms with van der Waals surface area (Å²) in [7, 11) is 0. The molecule has 0 heterocycles. The molecule has 2 nitrogen and oxygen atoms in total. The van der Waals surface area contributed by atoms with Crippen LogP contribution < -0.4 is 21.2 Å². The third kappa shape index (κ3) is 4.03. The molecule has 1 aromatic rings. The molecule has 0 radical (unpaired) electrons. The molecule has 5 atom stereocenters. The normalized spacial score (nSPS) is 35.2. The number of halogens is 1. The molecule has 34 heavy (non-hydrogen) atoms. The van der Waals surface area contributed by atoms with Gasteiger partial charge in [-0.3, -0.25) is 0 Å². The van der Waals surface area contributed by atoms with E-state index in [9.17, 15) is 9.90 Å². The quantitative estimate of drug-likeness (QED) is 0.338. The molecule has 0 aliphatic heterocycles. The molecule has 2 fully saturated rings. The topological polar surface area (TPSA) is 37.3 Å². The molecule has 4 aliphatic rings. The summed E-state index contributed by atoms with van der Waals surface area (Å²) in [4.78, 5) is 14.5. The van der Waals surface area contributed by atoms with Crippen LogP contribution in [-0.2, 0) is 4.79 Å². The van der Waals surface area contributed by atoms with E-state index in [2.05, 4.69) is 68.7 Å². The number of ketones is 1. The molecule has 5 rings (SSSR count). The molecule has 1 N–H and O–H groups in total. The third-order valence-electron chi connectivity index (χ3n) is 9.02. The van der Waals surface area contributed by atoms with Crippen LogP contribution in [0, 0.1) is 38.1 Å². The summed E-state index contributed by atoms with van der Waals surface area (Å²) in [6, 6.07) is 9.33. The number of carbonyl (C=O) groups excluding carboxylic acids is 1. The molecule has 0 spiro atoms. The predicted molar refractivity (Wildman–Crippen MR) is 134 cm³/mol. The second-order valence-corrected chi connectivity index (χ2v) is 14.5. The van der Waals surface area contributed by atoms with Crippen molar-refractivity contribution in [2.24, 2.45) is 22.7 Å². The summed E-state index contributed by atoms with van der Waals surface area (Å²) in [5, 5.41) is 12.1. The number of hydrogen-bond donors (Lipinski definition) is 1. The molecule has 0 unspecified atom stereocenters. The molecule has 4 aliphatic carbocycles. The molecule has 2 saturated carbocycles. The van der Waals surface area contributed by atoms with Crippen molar-refractivity contribution >= 4 is 5.78 Å². The fourth-order valence-electron chi connectivity index (χ4n) is 7.28. The van der Waals surface area contributed by atoms with Gasteiger partial charge in [0.2, 0.25) is 0 Å². The van der Waals surface area contributed by atoms with Gasteiger partial charge in [-0.15, -0.1) is 0 Å². The SMILES string of the molecule is C[I-]c1ccc([C@H]2C[C@@]3(C)[C@@H](CC[C@@]3(O)C#CC(C)(C)C)[C@@H]3CCC4=CC(=O)CCC4=C32)cc1. The van der Waals surface area contributed by atoms with Crippen molar-refractivity contribution in [3.05, 3.63) is 56.2 Å². The van der Waals surface area contributed by atoms with Crippen molar-refractivity contribution in [1.82, 2.24) is 0 Å². The summed E-state index contributed by atoms with van der Waals surface area (Å²) in [6.07, 6.45) is 8.31. The van der Waals surface area contributed by atoms with Gasteiger partial charge in [0.25, 0.3) is 0 Å². The van der Waals surface area contributed by atoms with Gasteiger partial charge in [-0.1, -0.05) is 0 Å². The van der Waals surface area contributed by atoms with Gasteiger partial charge in [-0.25, -0.2) is 0 Å². The monoisotopic (exact) mass is 569 g/mol. The number of alkyl halides is 1. The van der Waals surface area contributed by atoms with E-state index in [1.54, 1.807) is 5.57 Å². The number of hydrogen-bond acceptors (Lipinski definition) is 2. The van der Waals surface area contributed by atoms with E-state index in [1.807, 2.05) is 6.08 Å². The standard InChI is InChI=1S/C31H38IO2/c1-29(2,3)16-17-31(34)15-14-27-25-12-8-21-18-23(33)11-13-24(21)28(25)26(19-30(27,31)4)20-6-9-22(32-5)10-7-20/h6-7,9-10,18,25-27,34H,8,11-15,19H2,1-5H3/q-1/t25-,26+,27-,30-,31+/m0/s1. The van der Waals surface area contributed by atoms with Crippen molar-refractivity contribution in [3.8, 4) is 11.8 Å². The van der Waals surface area contributed by atoms with Crippen LogP contribution in [-0.4, -0.2) is 21.4 Å². The molecule has 0 bridgehead atoms. The van der Waals surface area contributed by atoms with Gasteiger partial charge in [0.1, 0.15) is 0 Å². The Labute approximate surface area is 215 Å². The van der Waals surface area contributed by atoms with Crippen LogP contribution in [0.2, 0.25) is 0 Å². The Bertz CT molecular complexity index is 1120. The Balaban J connectivity index is 1.65. The summed E-state index contributed by atoms with van der Waals surface area (Å²) in [5.74, 6) is 8.34. The van der Waals surface area contributed by atoms with Crippen molar-refractivity contribution in [2.75, 3.05) is 4.93 Å². The Morgan fingerprint density at radius 3 is 2.50 bits per heavy atom. The molecule has 182 valence electrons. The maximum atomic E-state index is 12.2. The van der Waals surface area contributed by atoms with E-state index in [0.29, 0.717) is 30.0 Å². The molecule has 0 saturated heterocycles. The Morgan fingerprint density at radius 1 is 1.09 bits per heavy atom. The summed E-state index contributed by atoms with van der Waals surface area (Å²) in [5.41, 5.74) is 4.46. The van der Waals surface area contributed by atoms with Crippen molar-refractivity contribution < 1.29 is 31.1 Å². The van der Waals surface area contributed by atoms with Crippen LogP contribution in [0.25, 0.3) is 0 Å². The molecule has 3 heteroatoms. The second kappa shape index (κ2) is 8.63. The van der Waals surface area contributed by atoms with Crippen molar-refractivity contribution in [1.29, 1.82) is 0 Å². The first kappa shape index (κ1) is 24.3. The summed E-state index contributed by atoms with van der Waals surface area (Å²) >= 11 is 0.0744. The van der Waals surface area contributed by atoms with Gasteiger partial charge < -0.3 is 0 Å². The summed E-state index contributed by atoms with van der Waals surface area (Å²) < 4.78 is 1.47. The number of benzene rings is 1. The number of aliphatic hydroxyl groups is 1. The molecule has 0 aromatic heterocycles. The zero-order valence-corrected chi connectivity index (χ0v) is 23.5. The van der Waals surface area contributed by atoms with Gasteiger partial charge in [-0.2, -0.15) is 0 Å². The second-order valence-electron chi connectivity index (χ2n) is 12.1. The first-order valence-corrected chi connectivity index (χ1v) is 16.1. The van der Waals surface area contributed by atoms with Crippen LogP contribution in [0.5, 0.6) is 0 Å². The zero-order valence-electron chi connectivity index (χ0n) is 21.3. The van der Waals surface area contributed by atoms with Crippen molar-refractivity contribution in [2.45, 2.75) is 84.2 Å². The van der Waals surface area contributed by atoms with E-state index in [-0.39, 0.29) is 32.0 Å². The molecule has 0 amide bonds. The van der Waals surface area contributed by atoms with Crippen LogP contribution in [0.4, 0.5) is 0 Å². The first-order valence-electron chi connectivity index (χ1n) is 12.9. The Hall–Kier alpha value is -1.38. The van der Waals surface area contributed by atoms with E-state index in [0.717, 1.165) is 38.5 Å².